The molecule has 0 aliphatic heterocycles. The lowest BCUT2D eigenvalue weighted by Crippen LogP contribution is -2.12. The number of halogens is 2. The van der Waals surface area contributed by atoms with Crippen LogP contribution in [-0.2, 0) is 5.88 Å². The lowest BCUT2D eigenvalue weighted by atomic mass is 10.0. The first kappa shape index (κ1) is 11.5. The summed E-state index contributed by atoms with van der Waals surface area (Å²) < 4.78 is 0. The van der Waals surface area contributed by atoms with E-state index in [0.29, 0.717) is 11.1 Å². The molecule has 14 heavy (non-hydrogen) atoms. The van der Waals surface area contributed by atoms with Crippen molar-refractivity contribution in [3.05, 3.63) is 29.3 Å². The van der Waals surface area contributed by atoms with Gasteiger partial charge in [0.25, 0.3) is 0 Å². The molecule has 0 saturated carbocycles. The SMILES string of the molecule is CC(Br)C(=O)c1cccc(O)c1CCl. The van der Waals surface area contributed by atoms with E-state index in [1.54, 1.807) is 19.1 Å². The van der Waals surface area contributed by atoms with Gasteiger partial charge in [0.1, 0.15) is 5.75 Å². The fourth-order valence-corrected chi connectivity index (χ4v) is 1.69. The molecule has 0 bridgehead atoms. The standard InChI is InChI=1S/C10H10BrClO2/c1-6(11)10(14)7-3-2-4-9(13)8(7)5-12/h2-4,6,13H,5H2,1H3. The van der Waals surface area contributed by atoms with Gasteiger partial charge in [-0.2, -0.15) is 0 Å². The summed E-state index contributed by atoms with van der Waals surface area (Å²) in [5, 5.41) is 9.47. The monoisotopic (exact) mass is 276 g/mol. The van der Waals surface area contributed by atoms with E-state index in [-0.39, 0.29) is 22.2 Å². The molecule has 1 unspecified atom stereocenters. The Bertz CT molecular complexity index is 350. The Kier molecular flexibility index (Phi) is 3.96. The van der Waals surface area contributed by atoms with Crippen molar-refractivity contribution >= 4 is 33.3 Å². The van der Waals surface area contributed by atoms with Gasteiger partial charge in [-0.25, -0.2) is 0 Å². The Morgan fingerprint density at radius 3 is 2.79 bits per heavy atom. The fourth-order valence-electron chi connectivity index (χ4n) is 1.16. The zero-order chi connectivity index (χ0) is 10.7. The van der Waals surface area contributed by atoms with Gasteiger partial charge in [-0.3, -0.25) is 4.79 Å². The summed E-state index contributed by atoms with van der Waals surface area (Å²) in [7, 11) is 0. The molecule has 0 radical (unpaired) electrons. The molecule has 1 N–H and O–H groups in total. The van der Waals surface area contributed by atoms with Gasteiger partial charge in [0.05, 0.1) is 10.7 Å². The van der Waals surface area contributed by atoms with Crippen molar-refractivity contribution < 1.29 is 9.90 Å². The number of ketones is 1. The Morgan fingerprint density at radius 1 is 1.64 bits per heavy atom. The highest BCUT2D eigenvalue weighted by Crippen LogP contribution is 2.25. The molecular formula is C10H10BrClO2. The largest absolute Gasteiger partial charge is 0.508 e. The molecule has 2 nitrogen and oxygen atoms in total. The molecule has 0 saturated heterocycles. The van der Waals surface area contributed by atoms with Gasteiger partial charge >= 0.3 is 0 Å². The van der Waals surface area contributed by atoms with Crippen LogP contribution in [0.15, 0.2) is 18.2 Å². The summed E-state index contributed by atoms with van der Waals surface area (Å²) in [6.45, 7) is 1.74. The van der Waals surface area contributed by atoms with Crippen LogP contribution in [0.2, 0.25) is 0 Å². The van der Waals surface area contributed by atoms with E-state index in [0.717, 1.165) is 0 Å². The Balaban J connectivity index is 3.20. The molecule has 1 aromatic carbocycles. The molecule has 0 fully saturated rings. The van der Waals surface area contributed by atoms with Crippen LogP contribution in [-0.4, -0.2) is 15.7 Å². The maximum absolute atomic E-state index is 11.7. The van der Waals surface area contributed by atoms with Crippen molar-refractivity contribution in [1.29, 1.82) is 0 Å². The average Bonchev–Trinajstić information content (AvgIpc) is 2.16. The van der Waals surface area contributed by atoms with Crippen molar-refractivity contribution in [2.75, 3.05) is 0 Å². The first-order chi connectivity index (χ1) is 6.57. The van der Waals surface area contributed by atoms with E-state index in [2.05, 4.69) is 15.9 Å². The molecule has 1 rings (SSSR count). The number of benzene rings is 1. The summed E-state index contributed by atoms with van der Waals surface area (Å²) in [6.07, 6.45) is 0. The second-order valence-electron chi connectivity index (χ2n) is 2.92. The minimum Gasteiger partial charge on any atom is -0.508 e. The van der Waals surface area contributed by atoms with Gasteiger partial charge < -0.3 is 5.11 Å². The maximum atomic E-state index is 11.7. The molecule has 0 heterocycles. The molecule has 0 aliphatic rings. The summed E-state index contributed by atoms with van der Waals surface area (Å²) in [4.78, 5) is 11.4. The molecule has 0 aromatic heterocycles. The number of carbonyl (C=O) groups excluding carboxylic acids is 1. The van der Waals surface area contributed by atoms with E-state index >= 15 is 0 Å². The number of hydrogen-bond donors (Lipinski definition) is 1. The fraction of sp³-hybridized carbons (Fsp3) is 0.300. The highest BCUT2D eigenvalue weighted by Gasteiger charge is 2.17. The lowest BCUT2D eigenvalue weighted by molar-refractivity contribution is 0.0994. The number of aromatic hydroxyl groups is 1. The molecule has 0 amide bonds. The van der Waals surface area contributed by atoms with Crippen LogP contribution >= 0.6 is 27.5 Å². The second kappa shape index (κ2) is 4.80. The summed E-state index contributed by atoms with van der Waals surface area (Å²) in [6, 6.07) is 4.82. The van der Waals surface area contributed by atoms with Crippen LogP contribution in [0, 0.1) is 0 Å². The van der Waals surface area contributed by atoms with Gasteiger partial charge in [-0.15, -0.1) is 11.6 Å². The third-order valence-corrected chi connectivity index (χ3v) is 2.59. The molecule has 76 valence electrons. The molecule has 0 aliphatic carbocycles. The number of Topliss-reactive ketones (excluding diaryl/α,β-unsaturated/α-hetero) is 1. The molecule has 0 spiro atoms. The predicted molar refractivity (Wildman–Crippen MR) is 60.4 cm³/mol. The van der Waals surface area contributed by atoms with Gasteiger partial charge in [-0.05, 0) is 13.0 Å². The first-order valence-corrected chi connectivity index (χ1v) is 5.58. The second-order valence-corrected chi connectivity index (χ2v) is 4.56. The first-order valence-electron chi connectivity index (χ1n) is 4.13. The number of rotatable bonds is 3. The van der Waals surface area contributed by atoms with Crippen LogP contribution in [0.5, 0.6) is 5.75 Å². The van der Waals surface area contributed by atoms with Crippen LogP contribution < -0.4 is 0 Å². The summed E-state index contributed by atoms with van der Waals surface area (Å²) in [5.41, 5.74) is 0.967. The number of alkyl halides is 2. The van der Waals surface area contributed by atoms with Gasteiger partial charge in [0.15, 0.2) is 5.78 Å². The Hall–Kier alpha value is -0.540. The van der Waals surface area contributed by atoms with E-state index in [9.17, 15) is 9.90 Å². The maximum Gasteiger partial charge on any atom is 0.176 e. The topological polar surface area (TPSA) is 37.3 Å². The number of phenolic OH excluding ortho intramolecular Hbond substituents is 1. The third kappa shape index (κ3) is 2.28. The average molecular weight is 278 g/mol. The highest BCUT2D eigenvalue weighted by molar-refractivity contribution is 9.10. The van der Waals surface area contributed by atoms with Gasteiger partial charge in [-0.1, -0.05) is 28.1 Å². The zero-order valence-corrected chi connectivity index (χ0v) is 9.97. The molecule has 4 heteroatoms. The lowest BCUT2D eigenvalue weighted by Gasteiger charge is -2.08. The normalized spacial score (nSPS) is 12.5. The summed E-state index contributed by atoms with van der Waals surface area (Å²) in [5.74, 6) is 0.128. The van der Waals surface area contributed by atoms with Gasteiger partial charge in [0, 0.05) is 11.1 Å². The molecule has 1 aromatic rings. The van der Waals surface area contributed by atoms with Crippen molar-refractivity contribution in [3.63, 3.8) is 0 Å². The minimum absolute atomic E-state index is 0.0685. The highest BCUT2D eigenvalue weighted by atomic mass is 79.9. The van der Waals surface area contributed by atoms with Crippen LogP contribution in [0.4, 0.5) is 0 Å². The van der Waals surface area contributed by atoms with E-state index in [1.165, 1.54) is 6.07 Å². The van der Waals surface area contributed by atoms with Crippen molar-refractivity contribution in [3.8, 4) is 5.75 Å². The Labute approximate surface area is 96.0 Å². The van der Waals surface area contributed by atoms with Crippen LogP contribution in [0.1, 0.15) is 22.8 Å². The van der Waals surface area contributed by atoms with E-state index in [1.807, 2.05) is 0 Å². The predicted octanol–water partition coefficient (Wildman–Crippen LogP) is 3.10. The number of hydrogen-bond acceptors (Lipinski definition) is 2. The smallest absolute Gasteiger partial charge is 0.176 e. The molecule has 1 atom stereocenters. The number of carbonyl (C=O) groups is 1. The minimum atomic E-state index is -0.272. The van der Waals surface area contributed by atoms with Crippen LogP contribution in [0.3, 0.4) is 0 Å². The zero-order valence-electron chi connectivity index (χ0n) is 7.63. The van der Waals surface area contributed by atoms with Crippen molar-refractivity contribution in [2.45, 2.75) is 17.6 Å². The van der Waals surface area contributed by atoms with Crippen LogP contribution in [0.25, 0.3) is 0 Å². The van der Waals surface area contributed by atoms with Gasteiger partial charge in [0.2, 0.25) is 0 Å². The summed E-state index contributed by atoms with van der Waals surface area (Å²) >= 11 is 8.85. The quantitative estimate of drug-likeness (QED) is 0.681. The van der Waals surface area contributed by atoms with E-state index in [4.69, 9.17) is 11.6 Å². The number of phenols is 1. The molecular weight excluding hydrogens is 267 g/mol. The van der Waals surface area contributed by atoms with Crippen molar-refractivity contribution in [2.24, 2.45) is 0 Å². The third-order valence-electron chi connectivity index (χ3n) is 1.91. The Morgan fingerprint density at radius 2 is 2.29 bits per heavy atom. The van der Waals surface area contributed by atoms with E-state index < -0.39 is 0 Å². The van der Waals surface area contributed by atoms with Crippen molar-refractivity contribution in [1.82, 2.24) is 0 Å².